The molecule has 0 N–H and O–H groups in total. The first-order valence-corrected chi connectivity index (χ1v) is 24.0. The van der Waals surface area contributed by atoms with Gasteiger partial charge in [0.05, 0.1) is 5.69 Å². The fourth-order valence-corrected chi connectivity index (χ4v) is 12.2. The third kappa shape index (κ3) is 6.07. The van der Waals surface area contributed by atoms with Gasteiger partial charge in [-0.3, -0.25) is 0 Å². The fraction of sp³-hybridized carbons (Fsp3) is 0. The molecule has 4 heterocycles. The minimum absolute atomic E-state index is 0.0471. The van der Waals surface area contributed by atoms with Crippen LogP contribution in [0.25, 0.3) is 0 Å². The molecule has 5 nitrogen and oxygen atoms in total. The maximum atomic E-state index is 7.50. The Morgan fingerprint density at radius 2 is 0.838 bits per heavy atom. The second kappa shape index (κ2) is 15.7. The van der Waals surface area contributed by atoms with E-state index in [0.29, 0.717) is 0 Å². The minimum atomic E-state index is -0.0993. The molecule has 8 heteroatoms. The van der Waals surface area contributed by atoms with Crippen LogP contribution in [-0.4, -0.2) is 13.4 Å². The van der Waals surface area contributed by atoms with Gasteiger partial charge in [0, 0.05) is 72.9 Å². The van der Waals surface area contributed by atoms with Crippen molar-refractivity contribution in [2.45, 2.75) is 9.79 Å². The number of hydrogen-bond acceptors (Lipinski definition) is 6. The Labute approximate surface area is 400 Å². The van der Waals surface area contributed by atoms with Crippen LogP contribution < -0.4 is 57.0 Å². The monoisotopic (exact) mass is 887 g/mol. The first-order chi connectivity index (χ1) is 33.7. The highest BCUT2D eigenvalue weighted by Crippen LogP contribution is 2.50. The van der Waals surface area contributed by atoms with Crippen molar-refractivity contribution in [3.63, 3.8) is 0 Å². The molecule has 10 aromatic rings. The summed E-state index contributed by atoms with van der Waals surface area (Å²) in [4.78, 5) is 9.47. The first-order valence-electron chi connectivity index (χ1n) is 23.1. The molecule has 0 amide bonds. The number of benzene rings is 10. The quantitative estimate of drug-likeness (QED) is 0.148. The van der Waals surface area contributed by atoms with Crippen LogP contribution in [0.15, 0.2) is 246 Å². The lowest BCUT2D eigenvalue weighted by atomic mass is 9.32. The summed E-state index contributed by atoms with van der Waals surface area (Å²) in [5.41, 5.74) is 16.9. The van der Waals surface area contributed by atoms with Crippen molar-refractivity contribution in [1.29, 1.82) is 0 Å². The SMILES string of the molecule is c1ccc(N(c2ccccc2)c2cc3c4c(c2)Oc2c(ccc5c2Sc2cc(N(c6ccccc6)c6ccccc6)cc6c2B5c2ccccc2N6c2ccccc2)B4c2ccccc2O3)cc1. The van der Waals surface area contributed by atoms with Crippen molar-refractivity contribution >= 4 is 109 Å². The lowest BCUT2D eigenvalue weighted by molar-refractivity contribution is 0.459. The maximum Gasteiger partial charge on any atom is 0.260 e. The number of nitrogens with zero attached hydrogens (tertiary/aromatic N) is 3. The highest BCUT2D eigenvalue weighted by molar-refractivity contribution is 8.00. The topological polar surface area (TPSA) is 28.2 Å². The molecule has 0 saturated heterocycles. The number of anilines is 9. The first kappa shape index (κ1) is 38.9. The largest absolute Gasteiger partial charge is 0.458 e. The average Bonchev–Trinajstić information content (AvgIpc) is 3.40. The van der Waals surface area contributed by atoms with Crippen LogP contribution >= 0.6 is 11.8 Å². The van der Waals surface area contributed by atoms with Crippen molar-refractivity contribution in [3.8, 4) is 23.0 Å². The molecule has 0 aromatic heterocycles. The molecule has 0 fully saturated rings. The van der Waals surface area contributed by atoms with Crippen molar-refractivity contribution in [2.24, 2.45) is 0 Å². The summed E-state index contributed by atoms with van der Waals surface area (Å²) < 4.78 is 14.4. The Morgan fingerprint density at radius 3 is 1.46 bits per heavy atom. The van der Waals surface area contributed by atoms with E-state index in [2.05, 4.69) is 251 Å². The van der Waals surface area contributed by atoms with Crippen LogP contribution in [0.1, 0.15) is 0 Å². The van der Waals surface area contributed by atoms with E-state index in [-0.39, 0.29) is 13.4 Å². The molecular formula is C60H39B2N3O2S. The summed E-state index contributed by atoms with van der Waals surface area (Å²) in [7, 11) is 0. The minimum Gasteiger partial charge on any atom is -0.458 e. The molecule has 14 rings (SSSR count). The van der Waals surface area contributed by atoms with Crippen LogP contribution in [0.2, 0.25) is 0 Å². The van der Waals surface area contributed by atoms with Crippen LogP contribution in [0.5, 0.6) is 23.0 Å². The van der Waals surface area contributed by atoms with E-state index in [0.717, 1.165) is 84.1 Å². The van der Waals surface area contributed by atoms with E-state index >= 15 is 0 Å². The van der Waals surface area contributed by atoms with E-state index in [9.17, 15) is 0 Å². The smallest absolute Gasteiger partial charge is 0.260 e. The molecule has 0 bridgehead atoms. The number of fused-ring (bicyclic) bond motifs is 9. The van der Waals surface area contributed by atoms with Crippen LogP contribution in [-0.2, 0) is 0 Å². The summed E-state index contributed by atoms with van der Waals surface area (Å²) in [6.45, 7) is -0.146. The summed E-state index contributed by atoms with van der Waals surface area (Å²) in [5.74, 6) is 3.37. The van der Waals surface area contributed by atoms with Gasteiger partial charge in [0.15, 0.2) is 0 Å². The number of para-hydroxylation sites is 7. The van der Waals surface area contributed by atoms with Gasteiger partial charge in [-0.05, 0) is 107 Å². The molecule has 318 valence electrons. The van der Waals surface area contributed by atoms with Crippen molar-refractivity contribution in [2.75, 3.05) is 14.7 Å². The van der Waals surface area contributed by atoms with E-state index in [1.807, 2.05) is 11.8 Å². The zero-order valence-corrected chi connectivity index (χ0v) is 37.6. The van der Waals surface area contributed by atoms with Gasteiger partial charge < -0.3 is 24.2 Å². The van der Waals surface area contributed by atoms with E-state index < -0.39 is 0 Å². The molecular weight excluding hydrogens is 848 g/mol. The third-order valence-corrected chi connectivity index (χ3v) is 14.9. The second-order valence-electron chi connectivity index (χ2n) is 17.6. The molecule has 0 unspecified atom stereocenters. The number of ether oxygens (including phenoxy) is 2. The highest BCUT2D eigenvalue weighted by atomic mass is 32.2. The Hall–Kier alpha value is -8.32. The van der Waals surface area contributed by atoms with Gasteiger partial charge in [-0.25, -0.2) is 0 Å². The van der Waals surface area contributed by atoms with Crippen LogP contribution in [0.3, 0.4) is 0 Å². The normalized spacial score (nSPS) is 13.1. The van der Waals surface area contributed by atoms with Crippen molar-refractivity contribution in [1.82, 2.24) is 0 Å². The average molecular weight is 888 g/mol. The standard InChI is InChI=1S/C60H39B2N3O2S/c1-6-20-40(21-7-1)63(41-22-8-2-9-23-41)45-36-52-57-56(39-45)68-60-50(61(57)47-30-16-18-32-51(47)65(52)44-28-14-5-15-29-44)35-34-49-59(60)67-55-38-46(37-54-58(55)62(49)48-31-17-19-33-53(48)66-54)64(42-24-10-3-11-25-42)43-26-12-4-13-27-43/h1-39H. The molecule has 0 atom stereocenters. The van der Waals surface area contributed by atoms with Crippen molar-refractivity contribution in [3.05, 3.63) is 237 Å². The Morgan fingerprint density at radius 1 is 0.353 bits per heavy atom. The Kier molecular flexibility index (Phi) is 8.95. The number of rotatable bonds is 7. The lowest BCUT2D eigenvalue weighted by Gasteiger charge is -2.42. The summed E-state index contributed by atoms with van der Waals surface area (Å²) in [6, 6.07) is 84.7. The molecule has 4 aliphatic rings. The molecule has 10 aromatic carbocycles. The van der Waals surface area contributed by atoms with Crippen molar-refractivity contribution < 1.29 is 9.47 Å². The Bertz CT molecular complexity index is 3500. The van der Waals surface area contributed by atoms with Crippen LogP contribution in [0.4, 0.5) is 51.2 Å². The zero-order chi connectivity index (χ0) is 44.7. The highest BCUT2D eigenvalue weighted by Gasteiger charge is 2.46. The molecule has 0 aliphatic carbocycles. The van der Waals surface area contributed by atoms with E-state index in [4.69, 9.17) is 9.47 Å². The lowest BCUT2D eigenvalue weighted by Crippen LogP contribution is -2.61. The Balaban J connectivity index is 1.01. The fourth-order valence-electron chi connectivity index (χ4n) is 10.9. The molecule has 4 aliphatic heterocycles. The van der Waals surface area contributed by atoms with E-state index in [1.54, 1.807) is 0 Å². The summed E-state index contributed by atoms with van der Waals surface area (Å²) in [5, 5.41) is 0. The predicted molar refractivity (Wildman–Crippen MR) is 283 cm³/mol. The molecule has 0 radical (unpaired) electrons. The van der Waals surface area contributed by atoms with Gasteiger partial charge in [-0.2, -0.15) is 0 Å². The van der Waals surface area contributed by atoms with Gasteiger partial charge in [-0.1, -0.05) is 157 Å². The van der Waals surface area contributed by atoms with Gasteiger partial charge in [-0.15, -0.1) is 0 Å². The molecule has 68 heavy (non-hydrogen) atoms. The second-order valence-corrected chi connectivity index (χ2v) is 18.6. The van der Waals surface area contributed by atoms with Gasteiger partial charge in [0.25, 0.3) is 6.71 Å². The zero-order valence-electron chi connectivity index (χ0n) is 36.7. The van der Waals surface area contributed by atoms with E-state index in [1.165, 1.54) is 32.7 Å². The third-order valence-electron chi connectivity index (χ3n) is 13.8. The van der Waals surface area contributed by atoms with Gasteiger partial charge in [0.1, 0.15) is 23.0 Å². The maximum absolute atomic E-state index is 7.50. The molecule has 0 saturated carbocycles. The summed E-state index contributed by atoms with van der Waals surface area (Å²) in [6.07, 6.45) is 0. The number of hydrogen-bond donors (Lipinski definition) is 0. The molecule has 0 spiro atoms. The van der Waals surface area contributed by atoms with Crippen LogP contribution in [0, 0.1) is 0 Å². The van der Waals surface area contributed by atoms with Gasteiger partial charge >= 0.3 is 0 Å². The predicted octanol–water partition coefficient (Wildman–Crippen LogP) is 12.1. The van der Waals surface area contributed by atoms with Gasteiger partial charge in [0.2, 0.25) is 6.71 Å². The summed E-state index contributed by atoms with van der Waals surface area (Å²) >= 11 is 1.83.